The van der Waals surface area contributed by atoms with E-state index in [2.05, 4.69) is 36.4 Å². The molecule has 0 aliphatic rings. The highest BCUT2D eigenvalue weighted by atomic mass is 16.5. The quantitative estimate of drug-likeness (QED) is 0.751. The third-order valence-electron chi connectivity index (χ3n) is 2.46. The molecule has 0 radical (unpaired) electrons. The van der Waals surface area contributed by atoms with Crippen molar-refractivity contribution in [1.82, 2.24) is 0 Å². The van der Waals surface area contributed by atoms with Gasteiger partial charge in [0.25, 0.3) is 0 Å². The third-order valence-corrected chi connectivity index (χ3v) is 2.46. The summed E-state index contributed by atoms with van der Waals surface area (Å²) < 4.78 is 5.48. The largest absolute Gasteiger partial charge is 0.494 e. The normalized spacial score (nSPS) is 10.1. The molecule has 2 rings (SSSR count). The molecule has 0 aliphatic heterocycles. The fraction of sp³-hybridized carbons (Fsp3) is 0.200. The fourth-order valence-corrected chi connectivity index (χ4v) is 1.74. The first-order chi connectivity index (χ1) is 7.88. The highest BCUT2D eigenvalue weighted by molar-refractivity contribution is 5.32. The summed E-state index contributed by atoms with van der Waals surface area (Å²) in [6, 6.07) is 18.8. The Balaban J connectivity index is 2.12. The summed E-state index contributed by atoms with van der Waals surface area (Å²) >= 11 is 0. The van der Waals surface area contributed by atoms with Crippen LogP contribution >= 0.6 is 0 Å². The Hall–Kier alpha value is -1.76. The van der Waals surface area contributed by atoms with Crippen molar-refractivity contribution in [2.24, 2.45) is 0 Å². The van der Waals surface area contributed by atoms with E-state index in [1.807, 2.05) is 25.1 Å². The SMILES string of the molecule is CCOc1cccc(Cc2ccccc2)c1. The first-order valence-corrected chi connectivity index (χ1v) is 5.64. The second-order valence-corrected chi connectivity index (χ2v) is 3.74. The Morgan fingerprint density at radius 3 is 2.38 bits per heavy atom. The number of rotatable bonds is 4. The molecule has 1 heteroatoms. The average Bonchev–Trinajstić information content (AvgIpc) is 2.31. The Labute approximate surface area is 96.7 Å². The molecule has 0 aliphatic carbocycles. The van der Waals surface area contributed by atoms with Gasteiger partial charge in [-0.1, -0.05) is 42.5 Å². The van der Waals surface area contributed by atoms with Gasteiger partial charge >= 0.3 is 0 Å². The van der Waals surface area contributed by atoms with Gasteiger partial charge in [0.1, 0.15) is 5.75 Å². The molecule has 2 aromatic carbocycles. The van der Waals surface area contributed by atoms with E-state index >= 15 is 0 Å². The summed E-state index contributed by atoms with van der Waals surface area (Å²) in [4.78, 5) is 0. The molecule has 0 amide bonds. The summed E-state index contributed by atoms with van der Waals surface area (Å²) in [7, 11) is 0. The van der Waals surface area contributed by atoms with Gasteiger partial charge < -0.3 is 4.74 Å². The van der Waals surface area contributed by atoms with Crippen LogP contribution in [0.25, 0.3) is 0 Å². The highest BCUT2D eigenvalue weighted by Gasteiger charge is 1.97. The summed E-state index contributed by atoms with van der Waals surface area (Å²) in [5, 5.41) is 0. The lowest BCUT2D eigenvalue weighted by Crippen LogP contribution is -1.93. The van der Waals surface area contributed by atoms with Gasteiger partial charge in [0, 0.05) is 0 Å². The van der Waals surface area contributed by atoms with E-state index in [0.717, 1.165) is 18.8 Å². The standard InChI is InChI=1S/C15H16O/c1-2-16-15-10-6-9-14(12-15)11-13-7-4-3-5-8-13/h3-10,12H,2,11H2,1H3. The van der Waals surface area contributed by atoms with Crippen molar-refractivity contribution in [1.29, 1.82) is 0 Å². The molecule has 82 valence electrons. The zero-order valence-corrected chi connectivity index (χ0v) is 9.52. The molecule has 16 heavy (non-hydrogen) atoms. The van der Waals surface area contributed by atoms with Crippen molar-refractivity contribution in [3.05, 3.63) is 65.7 Å². The van der Waals surface area contributed by atoms with Crippen molar-refractivity contribution in [3.63, 3.8) is 0 Å². The first kappa shape index (κ1) is 10.7. The van der Waals surface area contributed by atoms with Gasteiger partial charge in [-0.15, -0.1) is 0 Å². The van der Waals surface area contributed by atoms with E-state index in [9.17, 15) is 0 Å². The van der Waals surface area contributed by atoms with Crippen LogP contribution in [0.1, 0.15) is 18.1 Å². The van der Waals surface area contributed by atoms with Crippen molar-refractivity contribution >= 4 is 0 Å². The lowest BCUT2D eigenvalue weighted by molar-refractivity contribution is 0.340. The molecule has 0 spiro atoms. The van der Waals surface area contributed by atoms with Crippen LogP contribution < -0.4 is 4.74 Å². The predicted molar refractivity (Wildman–Crippen MR) is 66.9 cm³/mol. The number of hydrogen-bond donors (Lipinski definition) is 0. The minimum atomic E-state index is 0.717. The molecule has 0 bridgehead atoms. The number of ether oxygens (including phenoxy) is 1. The van der Waals surface area contributed by atoms with Crippen LogP contribution in [0.15, 0.2) is 54.6 Å². The predicted octanol–water partition coefficient (Wildman–Crippen LogP) is 3.68. The Morgan fingerprint density at radius 2 is 1.62 bits per heavy atom. The van der Waals surface area contributed by atoms with Crippen LogP contribution in [-0.2, 0) is 6.42 Å². The second kappa shape index (κ2) is 5.36. The van der Waals surface area contributed by atoms with Gasteiger partial charge in [0.15, 0.2) is 0 Å². The van der Waals surface area contributed by atoms with Gasteiger partial charge in [-0.05, 0) is 36.6 Å². The monoisotopic (exact) mass is 212 g/mol. The van der Waals surface area contributed by atoms with E-state index in [-0.39, 0.29) is 0 Å². The van der Waals surface area contributed by atoms with Gasteiger partial charge in [-0.2, -0.15) is 0 Å². The lowest BCUT2D eigenvalue weighted by atomic mass is 10.1. The van der Waals surface area contributed by atoms with Crippen molar-refractivity contribution < 1.29 is 4.74 Å². The first-order valence-electron chi connectivity index (χ1n) is 5.64. The maximum Gasteiger partial charge on any atom is 0.119 e. The zero-order chi connectivity index (χ0) is 11.2. The topological polar surface area (TPSA) is 9.23 Å². The Kier molecular flexibility index (Phi) is 3.60. The molecule has 0 aromatic heterocycles. The van der Waals surface area contributed by atoms with Crippen LogP contribution in [0.5, 0.6) is 5.75 Å². The smallest absolute Gasteiger partial charge is 0.119 e. The van der Waals surface area contributed by atoms with E-state index in [0.29, 0.717) is 0 Å². The Morgan fingerprint density at radius 1 is 0.875 bits per heavy atom. The molecule has 0 atom stereocenters. The molecule has 2 aromatic rings. The summed E-state index contributed by atoms with van der Waals surface area (Å²) in [5.41, 5.74) is 2.62. The summed E-state index contributed by atoms with van der Waals surface area (Å²) in [5.74, 6) is 0.955. The van der Waals surface area contributed by atoms with Crippen molar-refractivity contribution in [3.8, 4) is 5.75 Å². The molecule has 0 fully saturated rings. The highest BCUT2D eigenvalue weighted by Crippen LogP contribution is 2.16. The molecule has 0 heterocycles. The van der Waals surface area contributed by atoms with Gasteiger partial charge in [0.05, 0.1) is 6.61 Å². The average molecular weight is 212 g/mol. The summed E-state index contributed by atoms with van der Waals surface area (Å²) in [6.07, 6.45) is 0.960. The van der Waals surface area contributed by atoms with Crippen LogP contribution in [0.4, 0.5) is 0 Å². The Bertz CT molecular complexity index is 434. The molecular weight excluding hydrogens is 196 g/mol. The van der Waals surface area contributed by atoms with Crippen LogP contribution in [0, 0.1) is 0 Å². The maximum atomic E-state index is 5.48. The third kappa shape index (κ3) is 2.86. The molecule has 0 saturated heterocycles. The van der Waals surface area contributed by atoms with Crippen LogP contribution in [-0.4, -0.2) is 6.61 Å². The van der Waals surface area contributed by atoms with Gasteiger partial charge in [-0.3, -0.25) is 0 Å². The van der Waals surface area contributed by atoms with Gasteiger partial charge in [0.2, 0.25) is 0 Å². The van der Waals surface area contributed by atoms with Crippen LogP contribution in [0.2, 0.25) is 0 Å². The zero-order valence-electron chi connectivity index (χ0n) is 9.52. The number of benzene rings is 2. The fourth-order valence-electron chi connectivity index (χ4n) is 1.74. The molecule has 0 saturated carbocycles. The van der Waals surface area contributed by atoms with E-state index in [1.165, 1.54) is 11.1 Å². The lowest BCUT2D eigenvalue weighted by Gasteiger charge is -2.06. The molecular formula is C15H16O. The summed E-state index contributed by atoms with van der Waals surface area (Å²) in [6.45, 7) is 2.72. The van der Waals surface area contributed by atoms with Crippen molar-refractivity contribution in [2.45, 2.75) is 13.3 Å². The van der Waals surface area contributed by atoms with E-state index in [4.69, 9.17) is 4.74 Å². The molecule has 1 nitrogen and oxygen atoms in total. The van der Waals surface area contributed by atoms with E-state index < -0.39 is 0 Å². The van der Waals surface area contributed by atoms with Crippen LogP contribution in [0.3, 0.4) is 0 Å². The minimum absolute atomic E-state index is 0.717. The maximum absolute atomic E-state index is 5.48. The van der Waals surface area contributed by atoms with E-state index in [1.54, 1.807) is 0 Å². The van der Waals surface area contributed by atoms with Gasteiger partial charge in [-0.25, -0.2) is 0 Å². The second-order valence-electron chi connectivity index (χ2n) is 3.74. The molecule has 0 unspecified atom stereocenters. The molecule has 0 N–H and O–H groups in total. The number of hydrogen-bond acceptors (Lipinski definition) is 1. The minimum Gasteiger partial charge on any atom is -0.494 e. The van der Waals surface area contributed by atoms with Crippen molar-refractivity contribution in [2.75, 3.05) is 6.61 Å².